The number of carbonyl (C=O) groups is 1. The highest BCUT2D eigenvalue weighted by Crippen LogP contribution is 2.18. The summed E-state index contributed by atoms with van der Waals surface area (Å²) in [5.41, 5.74) is 0.470. The van der Waals surface area contributed by atoms with Crippen molar-refractivity contribution in [2.75, 3.05) is 20.6 Å². The number of rotatable bonds is 5. The Bertz CT molecular complexity index is 462. The number of aromatic nitrogens is 2. The van der Waals surface area contributed by atoms with Crippen molar-refractivity contribution in [2.45, 2.75) is 52.3 Å². The molecule has 0 spiro atoms. The summed E-state index contributed by atoms with van der Waals surface area (Å²) in [6, 6.07) is 0.118. The van der Waals surface area contributed by atoms with Crippen LogP contribution in [0.2, 0.25) is 0 Å². The van der Waals surface area contributed by atoms with Crippen molar-refractivity contribution < 1.29 is 9.53 Å². The van der Waals surface area contributed by atoms with Gasteiger partial charge in [0.05, 0.1) is 24.3 Å². The van der Waals surface area contributed by atoms with Gasteiger partial charge in [0, 0.05) is 12.6 Å². The van der Waals surface area contributed by atoms with Gasteiger partial charge in [-0.25, -0.2) is 9.78 Å². The number of nitrogens with one attached hydrogen (secondary N) is 1. The quantitative estimate of drug-likeness (QED) is 0.907. The van der Waals surface area contributed by atoms with Crippen molar-refractivity contribution in [3.63, 3.8) is 0 Å². The third-order valence-corrected chi connectivity index (χ3v) is 2.98. The fourth-order valence-corrected chi connectivity index (χ4v) is 2.19. The van der Waals surface area contributed by atoms with Crippen LogP contribution in [0, 0.1) is 0 Å². The van der Waals surface area contributed by atoms with E-state index in [2.05, 4.69) is 26.7 Å². The molecule has 0 saturated carbocycles. The van der Waals surface area contributed by atoms with Crippen LogP contribution in [0.3, 0.4) is 0 Å². The summed E-state index contributed by atoms with van der Waals surface area (Å²) in [5.74, 6) is 0. The normalized spacial score (nSPS) is 14.9. The number of alkyl carbamates (subject to hydrolysis) is 1. The minimum atomic E-state index is -0.498. The SMILES string of the molecule is CC(CN(C)C)n1cncc1[C@H](C)NC(=O)OC(C)(C)C. The summed E-state index contributed by atoms with van der Waals surface area (Å²) in [7, 11) is 4.07. The smallest absolute Gasteiger partial charge is 0.408 e. The molecule has 1 rings (SSSR count). The van der Waals surface area contributed by atoms with Gasteiger partial charge in [-0.2, -0.15) is 0 Å². The number of likely N-dealkylation sites (N-methyl/N-ethyl adjacent to an activating group) is 1. The lowest BCUT2D eigenvalue weighted by atomic mass is 10.2. The maximum absolute atomic E-state index is 11.9. The molecule has 1 aromatic rings. The second-order valence-electron chi connectivity index (χ2n) is 6.70. The van der Waals surface area contributed by atoms with Crippen LogP contribution < -0.4 is 5.32 Å². The average molecular weight is 296 g/mol. The number of hydrogen-bond donors (Lipinski definition) is 1. The van der Waals surface area contributed by atoms with E-state index in [-0.39, 0.29) is 12.1 Å². The molecule has 0 aromatic carbocycles. The molecule has 6 nitrogen and oxygen atoms in total. The fourth-order valence-electron chi connectivity index (χ4n) is 2.19. The number of imidazole rings is 1. The Kier molecular flexibility index (Phi) is 5.78. The average Bonchev–Trinajstić information content (AvgIpc) is 2.73. The molecule has 0 bridgehead atoms. The lowest BCUT2D eigenvalue weighted by Crippen LogP contribution is -2.35. The number of ether oxygens (including phenoxy) is 1. The highest BCUT2D eigenvalue weighted by molar-refractivity contribution is 5.68. The first-order chi connectivity index (χ1) is 9.60. The zero-order chi connectivity index (χ0) is 16.2. The van der Waals surface area contributed by atoms with E-state index < -0.39 is 11.7 Å². The molecule has 1 N–H and O–H groups in total. The minimum Gasteiger partial charge on any atom is -0.444 e. The zero-order valence-corrected chi connectivity index (χ0v) is 14.2. The van der Waals surface area contributed by atoms with Gasteiger partial charge in [0.15, 0.2) is 0 Å². The van der Waals surface area contributed by atoms with E-state index >= 15 is 0 Å². The molecule has 120 valence electrons. The topological polar surface area (TPSA) is 59.4 Å². The molecule has 1 heterocycles. The Balaban J connectivity index is 2.73. The number of nitrogens with zero attached hydrogens (tertiary/aromatic N) is 3. The molecule has 2 atom stereocenters. The number of carbonyl (C=O) groups excluding carboxylic acids is 1. The molecule has 6 heteroatoms. The maximum Gasteiger partial charge on any atom is 0.408 e. The molecule has 0 aliphatic heterocycles. The van der Waals surface area contributed by atoms with Crippen LogP contribution in [0.15, 0.2) is 12.5 Å². The standard InChI is InChI=1S/C15H28N4O2/c1-11(9-18(6)7)19-10-16-8-13(19)12(2)17-14(20)21-15(3,4)5/h8,10-12H,9H2,1-7H3,(H,17,20)/t11?,12-/m0/s1. The molecule has 0 radical (unpaired) electrons. The first kappa shape index (κ1) is 17.5. The lowest BCUT2D eigenvalue weighted by molar-refractivity contribution is 0.0505. The molecule has 0 aliphatic rings. The van der Waals surface area contributed by atoms with Crippen molar-refractivity contribution >= 4 is 6.09 Å². The van der Waals surface area contributed by atoms with Crippen molar-refractivity contribution in [3.8, 4) is 0 Å². The fraction of sp³-hybridized carbons (Fsp3) is 0.733. The van der Waals surface area contributed by atoms with Crippen molar-refractivity contribution in [1.82, 2.24) is 19.8 Å². The van der Waals surface area contributed by atoms with Gasteiger partial charge in [-0.3, -0.25) is 0 Å². The molecule has 21 heavy (non-hydrogen) atoms. The van der Waals surface area contributed by atoms with Gasteiger partial charge in [0.1, 0.15) is 5.60 Å². The van der Waals surface area contributed by atoms with Crippen LogP contribution >= 0.6 is 0 Å². The number of hydrogen-bond acceptors (Lipinski definition) is 4. The van der Waals surface area contributed by atoms with Crippen LogP contribution in [-0.2, 0) is 4.74 Å². The summed E-state index contributed by atoms with van der Waals surface area (Å²) in [5, 5.41) is 2.85. The summed E-state index contributed by atoms with van der Waals surface area (Å²) >= 11 is 0. The van der Waals surface area contributed by atoms with E-state index in [1.807, 2.05) is 41.8 Å². The van der Waals surface area contributed by atoms with Crippen LogP contribution in [0.25, 0.3) is 0 Å². The number of amides is 1. The molecule has 0 aliphatic carbocycles. The second-order valence-corrected chi connectivity index (χ2v) is 6.70. The molecular formula is C15H28N4O2. The van der Waals surface area contributed by atoms with Gasteiger partial charge < -0.3 is 19.5 Å². The van der Waals surface area contributed by atoms with Crippen molar-refractivity contribution in [2.24, 2.45) is 0 Å². The molecule has 1 unspecified atom stereocenters. The summed E-state index contributed by atoms with van der Waals surface area (Å²) < 4.78 is 7.37. The van der Waals surface area contributed by atoms with E-state index in [1.165, 1.54) is 0 Å². The van der Waals surface area contributed by atoms with Gasteiger partial charge in [-0.15, -0.1) is 0 Å². The van der Waals surface area contributed by atoms with Crippen molar-refractivity contribution in [1.29, 1.82) is 0 Å². The monoisotopic (exact) mass is 296 g/mol. The Labute approximate surface area is 127 Å². The van der Waals surface area contributed by atoms with E-state index in [0.717, 1.165) is 12.2 Å². The first-order valence-electron chi connectivity index (χ1n) is 7.26. The van der Waals surface area contributed by atoms with Crippen molar-refractivity contribution in [3.05, 3.63) is 18.2 Å². The van der Waals surface area contributed by atoms with Gasteiger partial charge in [-0.05, 0) is 48.7 Å². The van der Waals surface area contributed by atoms with Gasteiger partial charge in [-0.1, -0.05) is 0 Å². The Morgan fingerprint density at radius 2 is 2.05 bits per heavy atom. The van der Waals surface area contributed by atoms with E-state index in [9.17, 15) is 4.79 Å². The largest absolute Gasteiger partial charge is 0.444 e. The summed E-state index contributed by atoms with van der Waals surface area (Å²) in [6.07, 6.45) is 3.17. The Morgan fingerprint density at radius 3 is 2.57 bits per heavy atom. The first-order valence-corrected chi connectivity index (χ1v) is 7.26. The van der Waals surface area contributed by atoms with E-state index in [1.54, 1.807) is 12.5 Å². The predicted molar refractivity (Wildman–Crippen MR) is 83.3 cm³/mol. The Hall–Kier alpha value is -1.56. The predicted octanol–water partition coefficient (Wildman–Crippen LogP) is 2.59. The highest BCUT2D eigenvalue weighted by Gasteiger charge is 2.21. The lowest BCUT2D eigenvalue weighted by Gasteiger charge is -2.25. The maximum atomic E-state index is 11.9. The van der Waals surface area contributed by atoms with Gasteiger partial charge in [0.25, 0.3) is 0 Å². The molecule has 1 amide bonds. The van der Waals surface area contributed by atoms with Crippen LogP contribution in [0.4, 0.5) is 4.79 Å². The third kappa shape index (κ3) is 5.75. The van der Waals surface area contributed by atoms with Gasteiger partial charge >= 0.3 is 6.09 Å². The molecular weight excluding hydrogens is 268 g/mol. The zero-order valence-electron chi connectivity index (χ0n) is 14.2. The molecule has 0 fully saturated rings. The van der Waals surface area contributed by atoms with E-state index in [0.29, 0.717) is 0 Å². The van der Waals surface area contributed by atoms with Crippen LogP contribution in [-0.4, -0.2) is 46.8 Å². The minimum absolute atomic E-state index is 0.160. The summed E-state index contributed by atoms with van der Waals surface area (Å²) in [6.45, 7) is 10.5. The summed E-state index contributed by atoms with van der Waals surface area (Å²) in [4.78, 5) is 18.2. The highest BCUT2D eigenvalue weighted by atomic mass is 16.6. The second kappa shape index (κ2) is 6.93. The van der Waals surface area contributed by atoms with Crippen LogP contribution in [0.5, 0.6) is 0 Å². The Morgan fingerprint density at radius 1 is 1.43 bits per heavy atom. The third-order valence-electron chi connectivity index (χ3n) is 2.98. The molecule has 0 saturated heterocycles. The van der Waals surface area contributed by atoms with Crippen LogP contribution in [0.1, 0.15) is 52.4 Å². The van der Waals surface area contributed by atoms with Gasteiger partial charge in [0.2, 0.25) is 0 Å². The molecule has 1 aromatic heterocycles. The van der Waals surface area contributed by atoms with E-state index in [4.69, 9.17) is 4.74 Å².